The number of carbonyl (C=O) groups is 1. The average Bonchev–Trinajstić information content (AvgIpc) is 3.05. The van der Waals surface area contributed by atoms with Crippen molar-refractivity contribution in [1.82, 2.24) is 14.8 Å². The molecule has 0 N–H and O–H groups in total. The van der Waals surface area contributed by atoms with Gasteiger partial charge >= 0.3 is 0 Å². The summed E-state index contributed by atoms with van der Waals surface area (Å²) in [5.74, 6) is 0.807. The highest BCUT2D eigenvalue weighted by Gasteiger charge is 2.22. The molecule has 0 atom stereocenters. The Morgan fingerprint density at radius 1 is 1.00 bits per heavy atom. The van der Waals surface area contributed by atoms with E-state index < -0.39 is 0 Å². The second-order valence-electron chi connectivity index (χ2n) is 10.5. The van der Waals surface area contributed by atoms with E-state index in [0.717, 1.165) is 50.6 Å². The zero-order valence-corrected chi connectivity index (χ0v) is 20.7. The van der Waals surface area contributed by atoms with Crippen LogP contribution in [-0.4, -0.2) is 53.5 Å². The van der Waals surface area contributed by atoms with Crippen LogP contribution in [0.5, 0.6) is 5.75 Å². The number of hydrogen-bond donors (Lipinski definition) is 0. The lowest BCUT2D eigenvalue weighted by atomic mass is 9.87. The molecule has 1 aliphatic heterocycles. The first-order valence-electron chi connectivity index (χ1n) is 11.2. The van der Waals surface area contributed by atoms with Crippen LogP contribution in [0.2, 0.25) is 0 Å². The normalized spacial score (nSPS) is 16.3. The van der Waals surface area contributed by atoms with Crippen LogP contribution in [0.4, 0.5) is 0 Å². The van der Waals surface area contributed by atoms with Crippen LogP contribution >= 0.6 is 11.3 Å². The molecule has 1 saturated heterocycles. The van der Waals surface area contributed by atoms with Gasteiger partial charge in [0.2, 0.25) is 0 Å². The molecule has 2 aromatic rings. The summed E-state index contributed by atoms with van der Waals surface area (Å²) in [5.41, 5.74) is 2.60. The molecule has 0 unspecified atom stereocenters. The molecule has 1 aromatic carbocycles. The molecule has 170 valence electrons. The number of rotatable bonds is 5. The second-order valence-corrected chi connectivity index (χ2v) is 11.3. The average molecular weight is 444 g/mol. The molecule has 1 fully saturated rings. The van der Waals surface area contributed by atoms with Gasteiger partial charge in [-0.05, 0) is 29.5 Å². The van der Waals surface area contributed by atoms with E-state index in [4.69, 9.17) is 9.72 Å². The molecule has 1 aromatic heterocycles. The van der Waals surface area contributed by atoms with E-state index in [9.17, 15) is 4.79 Å². The standard InChI is InChI=1S/C25H37N3O2S/c1-24(2,3)19-8-10-21(11-9-19)30-17-22(29)28-13-7-12-27(14-15-28)16-20-18-31-23(26-20)25(4,5)6/h8-11,18H,7,12-17H2,1-6H3. The van der Waals surface area contributed by atoms with Gasteiger partial charge in [0, 0.05) is 43.5 Å². The summed E-state index contributed by atoms with van der Waals surface area (Å²) < 4.78 is 5.77. The molecular weight excluding hydrogens is 406 g/mol. The molecule has 0 aliphatic carbocycles. The molecule has 0 saturated carbocycles. The van der Waals surface area contributed by atoms with Crippen molar-refractivity contribution in [2.75, 3.05) is 32.8 Å². The van der Waals surface area contributed by atoms with Crippen molar-refractivity contribution in [2.24, 2.45) is 0 Å². The van der Waals surface area contributed by atoms with Crippen molar-refractivity contribution in [1.29, 1.82) is 0 Å². The van der Waals surface area contributed by atoms with Crippen LogP contribution in [0.25, 0.3) is 0 Å². The summed E-state index contributed by atoms with van der Waals surface area (Å²) >= 11 is 1.74. The zero-order chi connectivity index (χ0) is 22.6. The van der Waals surface area contributed by atoms with Gasteiger partial charge in [0.25, 0.3) is 5.91 Å². The molecular formula is C25H37N3O2S. The minimum atomic E-state index is 0.0606. The van der Waals surface area contributed by atoms with Crippen LogP contribution in [0.3, 0.4) is 0 Å². The first kappa shape index (κ1) is 23.7. The van der Waals surface area contributed by atoms with Crippen LogP contribution < -0.4 is 4.74 Å². The van der Waals surface area contributed by atoms with Gasteiger partial charge in [-0.25, -0.2) is 4.98 Å². The number of carbonyl (C=O) groups excluding carboxylic acids is 1. The summed E-state index contributed by atoms with van der Waals surface area (Å²) in [7, 11) is 0. The van der Waals surface area contributed by atoms with E-state index >= 15 is 0 Å². The van der Waals surface area contributed by atoms with Gasteiger partial charge < -0.3 is 9.64 Å². The summed E-state index contributed by atoms with van der Waals surface area (Å²) in [6.07, 6.45) is 0.974. The van der Waals surface area contributed by atoms with Crippen molar-refractivity contribution in [3.63, 3.8) is 0 Å². The Morgan fingerprint density at radius 3 is 2.32 bits per heavy atom. The minimum absolute atomic E-state index is 0.0606. The van der Waals surface area contributed by atoms with E-state index in [1.54, 1.807) is 11.3 Å². The van der Waals surface area contributed by atoms with Gasteiger partial charge in [-0.3, -0.25) is 9.69 Å². The van der Waals surface area contributed by atoms with E-state index in [0.29, 0.717) is 0 Å². The lowest BCUT2D eigenvalue weighted by molar-refractivity contribution is -0.133. The molecule has 3 rings (SSSR count). The van der Waals surface area contributed by atoms with Gasteiger partial charge in [-0.15, -0.1) is 11.3 Å². The van der Waals surface area contributed by atoms with Gasteiger partial charge in [0.1, 0.15) is 5.75 Å². The molecule has 0 bridgehead atoms. The lowest BCUT2D eigenvalue weighted by Gasteiger charge is -2.22. The Hall–Kier alpha value is -1.92. The summed E-state index contributed by atoms with van der Waals surface area (Å²) in [6.45, 7) is 17.5. The largest absolute Gasteiger partial charge is 0.484 e. The summed E-state index contributed by atoms with van der Waals surface area (Å²) in [6, 6.07) is 8.07. The van der Waals surface area contributed by atoms with Crippen LogP contribution in [0.15, 0.2) is 29.6 Å². The number of hydrogen-bond acceptors (Lipinski definition) is 5. The van der Waals surface area contributed by atoms with Crippen molar-refractivity contribution in [3.05, 3.63) is 45.9 Å². The van der Waals surface area contributed by atoms with Gasteiger partial charge in [-0.1, -0.05) is 53.7 Å². The van der Waals surface area contributed by atoms with E-state index in [1.807, 2.05) is 17.0 Å². The molecule has 31 heavy (non-hydrogen) atoms. The van der Waals surface area contributed by atoms with Gasteiger partial charge in [-0.2, -0.15) is 0 Å². The maximum Gasteiger partial charge on any atom is 0.260 e. The van der Waals surface area contributed by atoms with Crippen LogP contribution in [0, 0.1) is 0 Å². The first-order chi connectivity index (χ1) is 14.5. The van der Waals surface area contributed by atoms with Crippen LogP contribution in [-0.2, 0) is 22.2 Å². The van der Waals surface area contributed by atoms with Crippen molar-refractivity contribution < 1.29 is 9.53 Å². The zero-order valence-electron chi connectivity index (χ0n) is 19.9. The Balaban J connectivity index is 1.47. The Kier molecular flexibility index (Phi) is 7.43. The van der Waals surface area contributed by atoms with Crippen molar-refractivity contribution in [2.45, 2.75) is 65.3 Å². The fourth-order valence-electron chi connectivity index (χ4n) is 3.62. The molecule has 0 radical (unpaired) electrons. The van der Waals surface area contributed by atoms with Crippen molar-refractivity contribution in [3.8, 4) is 5.75 Å². The molecule has 6 heteroatoms. The number of ether oxygens (including phenoxy) is 1. The third-order valence-electron chi connectivity index (χ3n) is 5.60. The molecule has 5 nitrogen and oxygen atoms in total. The molecule has 1 aliphatic rings. The predicted molar refractivity (Wildman–Crippen MR) is 128 cm³/mol. The smallest absolute Gasteiger partial charge is 0.260 e. The number of amides is 1. The molecule has 1 amide bonds. The van der Waals surface area contributed by atoms with Gasteiger partial charge in [0.05, 0.1) is 10.7 Å². The topological polar surface area (TPSA) is 45.7 Å². The quantitative estimate of drug-likeness (QED) is 0.663. The number of aromatic nitrogens is 1. The highest BCUT2D eigenvalue weighted by atomic mass is 32.1. The highest BCUT2D eigenvalue weighted by molar-refractivity contribution is 7.09. The van der Waals surface area contributed by atoms with Crippen LogP contribution in [0.1, 0.15) is 64.2 Å². The van der Waals surface area contributed by atoms with E-state index in [2.05, 4.69) is 64.0 Å². The number of nitrogens with zero attached hydrogens (tertiary/aromatic N) is 3. The fourth-order valence-corrected chi connectivity index (χ4v) is 4.52. The Labute approximate surface area is 191 Å². The number of thiazole rings is 1. The van der Waals surface area contributed by atoms with Crippen molar-refractivity contribution >= 4 is 17.2 Å². The second kappa shape index (κ2) is 9.70. The minimum Gasteiger partial charge on any atom is -0.484 e. The SMILES string of the molecule is CC(C)(C)c1ccc(OCC(=O)N2CCCN(Cc3csc(C(C)(C)C)n3)CC2)cc1. The Morgan fingerprint density at radius 2 is 1.71 bits per heavy atom. The van der Waals surface area contributed by atoms with E-state index in [1.165, 1.54) is 10.6 Å². The Bertz CT molecular complexity index is 862. The summed E-state index contributed by atoms with van der Waals surface area (Å²) in [5, 5.41) is 3.36. The highest BCUT2D eigenvalue weighted by Crippen LogP contribution is 2.26. The maximum atomic E-state index is 12.7. The van der Waals surface area contributed by atoms with Gasteiger partial charge in [0.15, 0.2) is 6.61 Å². The van der Waals surface area contributed by atoms with E-state index in [-0.39, 0.29) is 23.3 Å². The summed E-state index contributed by atoms with van der Waals surface area (Å²) in [4.78, 5) is 21.9. The fraction of sp³-hybridized carbons (Fsp3) is 0.600. The lowest BCUT2D eigenvalue weighted by Crippen LogP contribution is -2.38. The maximum absolute atomic E-state index is 12.7. The first-order valence-corrected chi connectivity index (χ1v) is 12.1. The monoisotopic (exact) mass is 443 g/mol. The predicted octanol–water partition coefficient (Wildman–Crippen LogP) is 4.85. The number of benzene rings is 1. The molecule has 0 spiro atoms. The molecule has 2 heterocycles. The third kappa shape index (κ3) is 6.78. The third-order valence-corrected chi connectivity index (χ3v) is 6.92.